The van der Waals surface area contributed by atoms with E-state index in [1.807, 2.05) is 24.3 Å². The zero-order valence-corrected chi connectivity index (χ0v) is 7.20. The van der Waals surface area contributed by atoms with Gasteiger partial charge in [0.05, 0.1) is 5.69 Å². The van der Waals surface area contributed by atoms with Crippen LogP contribution in [-0.2, 0) is 6.54 Å². The molecule has 0 aliphatic carbocycles. The first-order chi connectivity index (χ1) is 6.31. The Bertz CT molecular complexity index is 437. The highest BCUT2D eigenvalue weighted by Gasteiger charge is 1.99. The summed E-state index contributed by atoms with van der Waals surface area (Å²) >= 11 is 0. The normalized spacial score (nSPS) is 10.5. The van der Waals surface area contributed by atoms with Crippen LogP contribution in [0, 0.1) is 0 Å². The van der Waals surface area contributed by atoms with Crippen LogP contribution < -0.4 is 11.5 Å². The van der Waals surface area contributed by atoms with Crippen molar-refractivity contribution in [3.63, 3.8) is 0 Å². The van der Waals surface area contributed by atoms with E-state index in [0.29, 0.717) is 6.54 Å². The van der Waals surface area contributed by atoms with Crippen molar-refractivity contribution < 1.29 is 0 Å². The Hall–Kier alpha value is -1.61. The van der Waals surface area contributed by atoms with Gasteiger partial charge in [-0.1, -0.05) is 6.07 Å². The quantitative estimate of drug-likeness (QED) is 0.638. The largest absolute Gasteiger partial charge is 0.399 e. The number of anilines is 1. The summed E-state index contributed by atoms with van der Waals surface area (Å²) in [4.78, 5) is 4.19. The molecule has 0 unspecified atom stereocenters. The molecule has 0 atom stereocenters. The summed E-state index contributed by atoms with van der Waals surface area (Å²) in [5.41, 5.74) is 12.9. The van der Waals surface area contributed by atoms with Crippen molar-refractivity contribution >= 4 is 16.5 Å². The highest BCUT2D eigenvalue weighted by Crippen LogP contribution is 2.19. The molecule has 0 spiro atoms. The van der Waals surface area contributed by atoms with E-state index in [1.54, 1.807) is 6.20 Å². The molecule has 1 aromatic carbocycles. The molecule has 2 aromatic rings. The first-order valence-electron chi connectivity index (χ1n) is 4.14. The van der Waals surface area contributed by atoms with Gasteiger partial charge in [-0.25, -0.2) is 0 Å². The predicted molar refractivity (Wildman–Crippen MR) is 54.0 cm³/mol. The van der Waals surface area contributed by atoms with Gasteiger partial charge in [-0.05, 0) is 23.6 Å². The maximum atomic E-state index is 5.68. The lowest BCUT2D eigenvalue weighted by Gasteiger charge is -2.03. The number of nitrogens with zero attached hydrogens (tertiary/aromatic N) is 1. The van der Waals surface area contributed by atoms with E-state index in [0.717, 1.165) is 22.2 Å². The maximum absolute atomic E-state index is 5.68. The second-order valence-electron chi connectivity index (χ2n) is 2.94. The lowest BCUT2D eigenvalue weighted by atomic mass is 10.1. The number of hydrogen-bond donors (Lipinski definition) is 2. The SMILES string of the molecule is NCc1nccc2ccc(N)cc12. The minimum Gasteiger partial charge on any atom is -0.399 e. The summed E-state index contributed by atoms with van der Waals surface area (Å²) in [7, 11) is 0. The van der Waals surface area contributed by atoms with Crippen LogP contribution in [0.4, 0.5) is 5.69 Å². The van der Waals surface area contributed by atoms with E-state index in [1.165, 1.54) is 0 Å². The van der Waals surface area contributed by atoms with Crippen molar-refractivity contribution in [2.24, 2.45) is 5.73 Å². The molecule has 0 bridgehead atoms. The van der Waals surface area contributed by atoms with E-state index >= 15 is 0 Å². The molecule has 0 saturated heterocycles. The van der Waals surface area contributed by atoms with Crippen LogP contribution in [0.25, 0.3) is 10.8 Å². The van der Waals surface area contributed by atoms with Crippen molar-refractivity contribution in [1.29, 1.82) is 0 Å². The van der Waals surface area contributed by atoms with Gasteiger partial charge in [0.1, 0.15) is 0 Å². The Morgan fingerprint density at radius 3 is 2.85 bits per heavy atom. The second-order valence-corrected chi connectivity index (χ2v) is 2.94. The van der Waals surface area contributed by atoms with Crippen LogP contribution in [0.5, 0.6) is 0 Å². The van der Waals surface area contributed by atoms with Gasteiger partial charge in [0, 0.05) is 23.8 Å². The first kappa shape index (κ1) is 8.01. The maximum Gasteiger partial charge on any atom is 0.0618 e. The van der Waals surface area contributed by atoms with Crippen LogP contribution in [0.3, 0.4) is 0 Å². The molecule has 3 nitrogen and oxygen atoms in total. The molecule has 2 rings (SSSR count). The average molecular weight is 173 g/mol. The van der Waals surface area contributed by atoms with E-state index in [-0.39, 0.29) is 0 Å². The Labute approximate surface area is 76.4 Å². The fraction of sp³-hybridized carbons (Fsp3) is 0.100. The van der Waals surface area contributed by atoms with E-state index in [4.69, 9.17) is 11.5 Å². The fourth-order valence-electron chi connectivity index (χ4n) is 1.41. The van der Waals surface area contributed by atoms with Crippen molar-refractivity contribution in [2.45, 2.75) is 6.54 Å². The summed E-state index contributed by atoms with van der Waals surface area (Å²) < 4.78 is 0. The number of nitrogen functional groups attached to an aromatic ring is 1. The number of benzene rings is 1. The lowest BCUT2D eigenvalue weighted by Crippen LogP contribution is -2.00. The Kier molecular flexibility index (Phi) is 1.87. The molecule has 0 amide bonds. The van der Waals surface area contributed by atoms with E-state index in [2.05, 4.69) is 4.98 Å². The van der Waals surface area contributed by atoms with E-state index < -0.39 is 0 Å². The summed E-state index contributed by atoms with van der Waals surface area (Å²) in [6, 6.07) is 7.71. The van der Waals surface area contributed by atoms with Gasteiger partial charge in [0.2, 0.25) is 0 Å². The standard InChI is InChI=1S/C10H11N3/c11-6-10-9-5-8(12)2-1-7(9)3-4-13-10/h1-5H,6,11-12H2. The Balaban J connectivity index is 2.79. The fourth-order valence-corrected chi connectivity index (χ4v) is 1.41. The predicted octanol–water partition coefficient (Wildman–Crippen LogP) is 1.28. The molecule has 0 aliphatic heterocycles. The number of aromatic nitrogens is 1. The molecule has 4 N–H and O–H groups in total. The monoisotopic (exact) mass is 173 g/mol. The third-order valence-corrected chi connectivity index (χ3v) is 2.07. The molecule has 0 saturated carbocycles. The van der Waals surface area contributed by atoms with Gasteiger partial charge in [-0.3, -0.25) is 4.98 Å². The second kappa shape index (κ2) is 3.03. The average Bonchev–Trinajstić information content (AvgIpc) is 2.17. The third-order valence-electron chi connectivity index (χ3n) is 2.07. The number of pyridine rings is 1. The van der Waals surface area contributed by atoms with Gasteiger partial charge < -0.3 is 11.5 Å². The summed E-state index contributed by atoms with van der Waals surface area (Å²) in [6.07, 6.45) is 1.76. The minimum atomic E-state index is 0.445. The first-order valence-corrected chi connectivity index (χ1v) is 4.14. The number of hydrogen-bond acceptors (Lipinski definition) is 3. The summed E-state index contributed by atoms with van der Waals surface area (Å²) in [5, 5.41) is 2.18. The zero-order chi connectivity index (χ0) is 9.26. The number of nitrogens with two attached hydrogens (primary N) is 2. The summed E-state index contributed by atoms with van der Waals surface area (Å²) in [6.45, 7) is 0.445. The Morgan fingerprint density at radius 1 is 1.23 bits per heavy atom. The molecule has 13 heavy (non-hydrogen) atoms. The van der Waals surface area contributed by atoms with Gasteiger partial charge in [-0.15, -0.1) is 0 Å². The van der Waals surface area contributed by atoms with Gasteiger partial charge in [0.15, 0.2) is 0 Å². The van der Waals surface area contributed by atoms with Gasteiger partial charge in [0.25, 0.3) is 0 Å². The Morgan fingerprint density at radius 2 is 2.08 bits per heavy atom. The zero-order valence-electron chi connectivity index (χ0n) is 7.20. The topological polar surface area (TPSA) is 64.9 Å². The van der Waals surface area contributed by atoms with Crippen LogP contribution >= 0.6 is 0 Å². The van der Waals surface area contributed by atoms with Crippen molar-refractivity contribution in [1.82, 2.24) is 4.98 Å². The highest BCUT2D eigenvalue weighted by atomic mass is 14.7. The van der Waals surface area contributed by atoms with Crippen LogP contribution in [0.15, 0.2) is 30.5 Å². The third kappa shape index (κ3) is 1.34. The lowest BCUT2D eigenvalue weighted by molar-refractivity contribution is 1.01. The smallest absolute Gasteiger partial charge is 0.0618 e. The highest BCUT2D eigenvalue weighted by molar-refractivity contribution is 5.87. The van der Waals surface area contributed by atoms with Crippen LogP contribution in [0.2, 0.25) is 0 Å². The summed E-state index contributed by atoms with van der Waals surface area (Å²) in [5.74, 6) is 0. The molecule has 66 valence electrons. The van der Waals surface area contributed by atoms with Crippen LogP contribution in [0.1, 0.15) is 5.69 Å². The van der Waals surface area contributed by atoms with Crippen molar-refractivity contribution in [3.8, 4) is 0 Å². The molecule has 1 heterocycles. The van der Waals surface area contributed by atoms with Gasteiger partial charge in [-0.2, -0.15) is 0 Å². The van der Waals surface area contributed by atoms with Crippen LogP contribution in [-0.4, -0.2) is 4.98 Å². The minimum absolute atomic E-state index is 0.445. The molecule has 0 radical (unpaired) electrons. The molecule has 3 heteroatoms. The van der Waals surface area contributed by atoms with Gasteiger partial charge >= 0.3 is 0 Å². The molecular formula is C10H11N3. The van der Waals surface area contributed by atoms with Crippen molar-refractivity contribution in [3.05, 3.63) is 36.2 Å². The molecule has 0 fully saturated rings. The van der Waals surface area contributed by atoms with E-state index in [9.17, 15) is 0 Å². The number of rotatable bonds is 1. The number of fused-ring (bicyclic) bond motifs is 1. The van der Waals surface area contributed by atoms with Crippen molar-refractivity contribution in [2.75, 3.05) is 5.73 Å². The molecule has 0 aliphatic rings. The molecular weight excluding hydrogens is 162 g/mol. The molecule has 1 aromatic heterocycles.